The largest absolute Gasteiger partial charge is 0.495 e. The average molecular weight is 466 g/mol. The normalized spacial score (nSPS) is 15.3. The fraction of sp³-hybridized carbons (Fsp3) is 0.280. The van der Waals surface area contributed by atoms with E-state index in [4.69, 9.17) is 9.84 Å². The lowest BCUT2D eigenvalue weighted by Crippen LogP contribution is -2.58. The molecule has 3 rings (SSSR count). The number of methoxy groups -OCH3 is 1. The smallest absolute Gasteiger partial charge is 0.323 e. The van der Waals surface area contributed by atoms with Gasteiger partial charge in [0.15, 0.2) is 11.8 Å². The molecule has 3 amide bonds. The summed E-state index contributed by atoms with van der Waals surface area (Å²) in [5, 5.41) is 11.5. The Hall–Kier alpha value is -4.14. The molecule has 0 unspecified atom stereocenters. The maximum Gasteiger partial charge on any atom is 0.323 e. The van der Waals surface area contributed by atoms with E-state index in [2.05, 4.69) is 5.32 Å². The van der Waals surface area contributed by atoms with Crippen LogP contribution in [0.5, 0.6) is 5.75 Å². The maximum atomic E-state index is 13.4. The summed E-state index contributed by atoms with van der Waals surface area (Å²) in [4.78, 5) is 52.6. The summed E-state index contributed by atoms with van der Waals surface area (Å²) in [6, 6.07) is 9.01. The van der Waals surface area contributed by atoms with E-state index in [1.807, 2.05) is 37.3 Å². The third-order valence-electron chi connectivity index (χ3n) is 5.70. The van der Waals surface area contributed by atoms with Gasteiger partial charge in [0, 0.05) is 25.9 Å². The van der Waals surface area contributed by atoms with Gasteiger partial charge in [-0.25, -0.2) is 4.79 Å². The van der Waals surface area contributed by atoms with Gasteiger partial charge in [-0.2, -0.15) is 0 Å². The van der Waals surface area contributed by atoms with Crippen molar-refractivity contribution in [2.75, 3.05) is 25.6 Å². The van der Waals surface area contributed by atoms with Gasteiger partial charge in [-0.05, 0) is 42.2 Å². The van der Waals surface area contributed by atoms with Crippen molar-refractivity contribution in [3.05, 3.63) is 59.8 Å². The van der Waals surface area contributed by atoms with E-state index in [1.165, 1.54) is 31.3 Å². The van der Waals surface area contributed by atoms with E-state index in [0.717, 1.165) is 21.6 Å². The topological polar surface area (TPSA) is 116 Å². The lowest BCUT2D eigenvalue weighted by molar-refractivity contribution is -0.137. The lowest BCUT2D eigenvalue weighted by Gasteiger charge is -2.35. The number of nitrogens with one attached hydrogen (secondary N) is 1. The van der Waals surface area contributed by atoms with Crippen LogP contribution in [-0.4, -0.2) is 60.4 Å². The van der Waals surface area contributed by atoms with Gasteiger partial charge >= 0.3 is 12.0 Å². The zero-order valence-electron chi connectivity index (χ0n) is 19.5. The highest BCUT2D eigenvalue weighted by Gasteiger charge is 2.41. The number of hydrogen-bond acceptors (Lipinski definition) is 5. The van der Waals surface area contributed by atoms with Crippen LogP contribution in [0.1, 0.15) is 17.5 Å². The van der Waals surface area contributed by atoms with Crippen molar-refractivity contribution < 1.29 is 29.0 Å². The van der Waals surface area contributed by atoms with Crippen molar-refractivity contribution in [3.63, 3.8) is 0 Å². The summed E-state index contributed by atoms with van der Waals surface area (Å²) in [5.74, 6) is -1.96. The first-order valence-electron chi connectivity index (χ1n) is 10.7. The minimum absolute atomic E-state index is 0.176. The summed E-state index contributed by atoms with van der Waals surface area (Å²) < 4.78 is 5.54. The van der Waals surface area contributed by atoms with Crippen LogP contribution >= 0.6 is 0 Å². The molecule has 0 spiro atoms. The van der Waals surface area contributed by atoms with Gasteiger partial charge in [0.1, 0.15) is 5.75 Å². The molecule has 0 saturated heterocycles. The number of ether oxygens (including phenoxy) is 1. The number of urea groups is 1. The van der Waals surface area contributed by atoms with Crippen molar-refractivity contribution in [2.45, 2.75) is 26.3 Å². The molecule has 0 radical (unpaired) electrons. The molecule has 1 atom stereocenters. The second kappa shape index (κ2) is 10.2. The first kappa shape index (κ1) is 24.5. The summed E-state index contributed by atoms with van der Waals surface area (Å²) in [6.07, 6.45) is 2.26. The maximum absolute atomic E-state index is 13.4. The molecule has 2 N–H and O–H groups in total. The number of benzene rings is 2. The number of aryl methyl sites for hydroxylation is 1. The number of likely N-dealkylation sites (N-methyl/N-ethyl adjacent to an activating group) is 1. The first-order valence-corrected chi connectivity index (χ1v) is 10.7. The first-order chi connectivity index (χ1) is 16.2. The van der Waals surface area contributed by atoms with Crippen LogP contribution in [0, 0.1) is 13.8 Å². The average Bonchev–Trinajstić information content (AvgIpc) is 2.80. The fourth-order valence-corrected chi connectivity index (χ4v) is 3.92. The number of carboxylic acids is 1. The molecule has 2 aromatic rings. The van der Waals surface area contributed by atoms with Crippen molar-refractivity contribution in [1.29, 1.82) is 0 Å². The molecule has 0 bridgehead atoms. The zero-order valence-corrected chi connectivity index (χ0v) is 19.5. The van der Waals surface area contributed by atoms with E-state index < -0.39 is 29.7 Å². The molecule has 0 aliphatic carbocycles. The Labute approximate surface area is 197 Å². The van der Waals surface area contributed by atoms with E-state index in [0.29, 0.717) is 11.3 Å². The number of carbonyl (C=O) groups is 4. The highest BCUT2D eigenvalue weighted by molar-refractivity contribution is 6.20. The van der Waals surface area contributed by atoms with Crippen LogP contribution in [-0.2, 0) is 14.4 Å². The van der Waals surface area contributed by atoms with Gasteiger partial charge in [-0.3, -0.25) is 19.3 Å². The third-order valence-corrected chi connectivity index (χ3v) is 5.70. The van der Waals surface area contributed by atoms with Gasteiger partial charge in [0.25, 0.3) is 5.91 Å². The highest BCUT2D eigenvalue weighted by atomic mass is 16.5. The predicted octanol–water partition coefficient (Wildman–Crippen LogP) is 2.89. The van der Waals surface area contributed by atoms with Crippen molar-refractivity contribution in [1.82, 2.24) is 10.2 Å². The van der Waals surface area contributed by atoms with E-state index in [-0.39, 0.29) is 18.7 Å². The van der Waals surface area contributed by atoms with Crippen molar-refractivity contribution in [3.8, 4) is 16.9 Å². The van der Waals surface area contributed by atoms with E-state index in [9.17, 15) is 19.2 Å². The molecule has 0 aromatic heterocycles. The summed E-state index contributed by atoms with van der Waals surface area (Å²) in [6.45, 7) is 3.57. The summed E-state index contributed by atoms with van der Waals surface area (Å²) >= 11 is 0. The van der Waals surface area contributed by atoms with Gasteiger partial charge in [0.05, 0.1) is 19.2 Å². The standard InChI is InChI=1S/C25H27N3O6/c1-15-7-5-6-8-17(15)18-9-10-20(34-4)22(16(18)2)28(25(33)26-13-11-21(30)31)23-19(29)12-14-27(3)24(23)32/h5-10,12,14,23H,11,13H2,1-4H3,(H,26,33)(H,30,31)/t23-/m0/s1. The molecule has 9 nitrogen and oxygen atoms in total. The second-order valence-electron chi connectivity index (χ2n) is 7.92. The van der Waals surface area contributed by atoms with Crippen LogP contribution in [0.2, 0.25) is 0 Å². The molecule has 34 heavy (non-hydrogen) atoms. The molecule has 1 aliphatic rings. The van der Waals surface area contributed by atoms with Gasteiger partial charge in [0.2, 0.25) is 0 Å². The number of amides is 3. The lowest BCUT2D eigenvalue weighted by atomic mass is 9.94. The van der Waals surface area contributed by atoms with Crippen LogP contribution < -0.4 is 15.0 Å². The molecule has 2 aromatic carbocycles. The Morgan fingerprint density at radius 2 is 1.82 bits per heavy atom. The summed E-state index contributed by atoms with van der Waals surface area (Å²) in [5.41, 5.74) is 3.61. The number of carbonyl (C=O) groups excluding carboxylic acids is 3. The molecular formula is C25H27N3O6. The second-order valence-corrected chi connectivity index (χ2v) is 7.92. The van der Waals surface area contributed by atoms with Gasteiger partial charge in [-0.15, -0.1) is 0 Å². The SMILES string of the molecule is COc1ccc(-c2ccccc2C)c(C)c1N(C(=O)NCCC(=O)O)[C@H]1C(=O)C=CN(C)C1=O. The number of anilines is 1. The number of rotatable bonds is 7. The van der Waals surface area contributed by atoms with Crippen LogP contribution in [0.15, 0.2) is 48.7 Å². The van der Waals surface area contributed by atoms with Crippen LogP contribution in [0.3, 0.4) is 0 Å². The Morgan fingerprint density at radius 3 is 2.47 bits per heavy atom. The Balaban J connectivity index is 2.21. The molecule has 178 valence electrons. The van der Waals surface area contributed by atoms with E-state index >= 15 is 0 Å². The Kier molecular flexibility index (Phi) is 7.35. The molecule has 0 saturated carbocycles. The molecule has 0 fully saturated rings. The van der Waals surface area contributed by atoms with Gasteiger partial charge < -0.3 is 20.1 Å². The minimum Gasteiger partial charge on any atom is -0.495 e. The van der Waals surface area contributed by atoms with Crippen molar-refractivity contribution >= 4 is 29.4 Å². The number of aliphatic carboxylic acids is 1. The summed E-state index contributed by atoms with van der Waals surface area (Å²) in [7, 11) is 2.93. The number of nitrogens with zero attached hydrogens (tertiary/aromatic N) is 2. The quantitative estimate of drug-likeness (QED) is 0.608. The van der Waals surface area contributed by atoms with Crippen LogP contribution in [0.25, 0.3) is 11.1 Å². The molecule has 9 heteroatoms. The fourth-order valence-electron chi connectivity index (χ4n) is 3.92. The minimum atomic E-state index is -1.47. The number of carboxylic acid groups (broad SMARTS) is 1. The van der Waals surface area contributed by atoms with Gasteiger partial charge in [-0.1, -0.05) is 30.3 Å². The predicted molar refractivity (Wildman–Crippen MR) is 127 cm³/mol. The monoisotopic (exact) mass is 465 g/mol. The third kappa shape index (κ3) is 4.78. The Bertz CT molecular complexity index is 1170. The molecule has 1 aliphatic heterocycles. The molecule has 1 heterocycles. The number of ketones is 1. The van der Waals surface area contributed by atoms with Crippen molar-refractivity contribution in [2.24, 2.45) is 0 Å². The van der Waals surface area contributed by atoms with Crippen LogP contribution in [0.4, 0.5) is 10.5 Å². The number of hydrogen-bond donors (Lipinski definition) is 2. The Morgan fingerprint density at radius 1 is 1.12 bits per heavy atom. The zero-order chi connectivity index (χ0) is 25.0. The highest BCUT2D eigenvalue weighted by Crippen LogP contribution is 2.40. The molecular weight excluding hydrogens is 438 g/mol. The van der Waals surface area contributed by atoms with E-state index in [1.54, 1.807) is 13.0 Å².